The quantitative estimate of drug-likeness (QED) is 0.554. The average Bonchev–Trinajstić information content (AvgIpc) is 3.11. The van der Waals surface area contributed by atoms with Crippen molar-refractivity contribution in [3.05, 3.63) is 83.9 Å². The van der Waals surface area contributed by atoms with Crippen LogP contribution in [0.1, 0.15) is 18.4 Å². The van der Waals surface area contributed by atoms with E-state index in [1.807, 2.05) is 60.0 Å². The van der Waals surface area contributed by atoms with E-state index in [4.69, 9.17) is 11.6 Å². The summed E-state index contributed by atoms with van der Waals surface area (Å²) in [6.45, 7) is 3.91. The van der Waals surface area contributed by atoms with Crippen LogP contribution in [0.15, 0.2) is 60.0 Å². The number of halogens is 1. The Hall–Kier alpha value is -2.17. The second-order valence-corrected chi connectivity index (χ2v) is 7.11. The predicted octanol–water partition coefficient (Wildman–Crippen LogP) is 5.89. The molecule has 0 fully saturated rings. The topological polar surface area (TPSA) is 42.0 Å². The molecule has 0 unspecified atom stereocenters. The van der Waals surface area contributed by atoms with E-state index in [9.17, 15) is 4.79 Å². The first-order valence-electron chi connectivity index (χ1n) is 8.36. The van der Waals surface area contributed by atoms with Gasteiger partial charge in [-0.1, -0.05) is 67.1 Å². The summed E-state index contributed by atoms with van der Waals surface area (Å²) in [6, 6.07) is 17.5. The van der Waals surface area contributed by atoms with E-state index in [-0.39, 0.29) is 11.8 Å². The Morgan fingerprint density at radius 1 is 1.19 bits per heavy atom. The number of carbonyl (C=O) groups is 1. The van der Waals surface area contributed by atoms with Crippen LogP contribution in [0.25, 0.3) is 11.3 Å². The Morgan fingerprint density at radius 2 is 1.92 bits per heavy atom. The van der Waals surface area contributed by atoms with Crippen molar-refractivity contribution in [2.24, 2.45) is 5.92 Å². The summed E-state index contributed by atoms with van der Waals surface area (Å²) in [5, 5.41) is 6.01. The van der Waals surface area contributed by atoms with Gasteiger partial charge in [-0.2, -0.15) is 0 Å². The van der Waals surface area contributed by atoms with Gasteiger partial charge in [0.15, 0.2) is 5.13 Å². The Morgan fingerprint density at radius 3 is 2.65 bits per heavy atom. The van der Waals surface area contributed by atoms with Gasteiger partial charge in [-0.15, -0.1) is 11.3 Å². The molecule has 5 heteroatoms. The molecule has 26 heavy (non-hydrogen) atoms. The first kappa shape index (κ1) is 18.6. The minimum atomic E-state index is -0.192. The first-order chi connectivity index (χ1) is 12.7. The van der Waals surface area contributed by atoms with Gasteiger partial charge in [0.05, 0.1) is 5.69 Å². The predicted molar refractivity (Wildman–Crippen MR) is 109 cm³/mol. The van der Waals surface area contributed by atoms with Crippen LogP contribution in [0.3, 0.4) is 0 Å². The monoisotopic (exact) mass is 382 g/mol. The summed E-state index contributed by atoms with van der Waals surface area (Å²) in [5.41, 5.74) is 2.73. The fourth-order valence-corrected chi connectivity index (χ4v) is 3.50. The molecule has 1 aromatic heterocycles. The van der Waals surface area contributed by atoms with Gasteiger partial charge in [0, 0.05) is 21.9 Å². The van der Waals surface area contributed by atoms with Crippen molar-refractivity contribution in [2.75, 3.05) is 5.32 Å². The zero-order valence-electron chi connectivity index (χ0n) is 14.2. The zero-order chi connectivity index (χ0) is 18.4. The molecule has 1 N–H and O–H groups in total. The molecule has 0 aliphatic heterocycles. The number of benzene rings is 2. The second kappa shape index (κ2) is 8.97. The third-order valence-corrected chi connectivity index (χ3v) is 5.13. The molecule has 1 heterocycles. The van der Waals surface area contributed by atoms with E-state index < -0.39 is 0 Å². The summed E-state index contributed by atoms with van der Waals surface area (Å²) < 4.78 is 0. The van der Waals surface area contributed by atoms with Crippen LogP contribution in [-0.4, -0.2) is 10.9 Å². The lowest BCUT2D eigenvalue weighted by molar-refractivity contribution is -0.119. The second-order valence-electron chi connectivity index (χ2n) is 5.84. The highest BCUT2D eigenvalue weighted by Crippen LogP contribution is 2.30. The molecule has 0 spiro atoms. The molecule has 0 saturated carbocycles. The maximum atomic E-state index is 12.5. The van der Waals surface area contributed by atoms with Crippen molar-refractivity contribution in [2.45, 2.75) is 12.8 Å². The third-order valence-electron chi connectivity index (χ3n) is 4.04. The smallest absolute Gasteiger partial charge is 0.229 e. The zero-order valence-corrected chi connectivity index (χ0v) is 15.8. The summed E-state index contributed by atoms with van der Waals surface area (Å²) in [4.78, 5) is 17.0. The highest BCUT2D eigenvalue weighted by atomic mass is 35.5. The van der Waals surface area contributed by atoms with Gasteiger partial charge < -0.3 is 5.32 Å². The van der Waals surface area contributed by atoms with Crippen molar-refractivity contribution >= 4 is 34.0 Å². The molecule has 0 saturated heterocycles. The van der Waals surface area contributed by atoms with Gasteiger partial charge in [0.25, 0.3) is 0 Å². The minimum Gasteiger partial charge on any atom is -0.302 e. The number of nitrogens with zero attached hydrogens (tertiary/aromatic N) is 1. The Bertz CT molecular complexity index is 863. The standard InChI is InChI=1S/C21H19ClN2OS/c1-2-16(13-12-15-8-4-3-5-9-15)20(25)24-21-23-19(14-26-21)17-10-6-7-11-18(17)22/h3-12,14,16H,1-2,13H2,(H,23,24,25)/t16-/m1/s1. The number of nitrogens with one attached hydrogen (secondary N) is 1. The number of aromatic nitrogens is 1. The summed E-state index contributed by atoms with van der Waals surface area (Å²) in [5.74, 6) is -0.255. The van der Waals surface area contributed by atoms with Crippen LogP contribution in [0.4, 0.5) is 5.13 Å². The van der Waals surface area contributed by atoms with Gasteiger partial charge >= 0.3 is 0 Å². The van der Waals surface area contributed by atoms with Crippen LogP contribution in [0.2, 0.25) is 5.02 Å². The molecule has 0 bridgehead atoms. The molecule has 3 rings (SSSR count). The number of thiazole rings is 1. The van der Waals surface area contributed by atoms with E-state index in [0.29, 0.717) is 23.0 Å². The van der Waals surface area contributed by atoms with E-state index in [0.717, 1.165) is 16.8 Å². The first-order valence-corrected chi connectivity index (χ1v) is 9.62. The van der Waals surface area contributed by atoms with E-state index in [2.05, 4.69) is 23.6 Å². The Labute approximate surface area is 163 Å². The highest BCUT2D eigenvalue weighted by molar-refractivity contribution is 7.14. The molecular formula is C21H19ClN2OS. The summed E-state index contributed by atoms with van der Waals surface area (Å²) >= 11 is 7.60. The molecule has 2 aromatic carbocycles. The van der Waals surface area contributed by atoms with Gasteiger partial charge in [-0.3, -0.25) is 4.79 Å². The van der Waals surface area contributed by atoms with E-state index >= 15 is 0 Å². The van der Waals surface area contributed by atoms with Gasteiger partial charge in [0.2, 0.25) is 5.91 Å². The highest BCUT2D eigenvalue weighted by Gasteiger charge is 2.18. The number of hydrogen-bond acceptors (Lipinski definition) is 3. The molecule has 3 aromatic rings. The van der Waals surface area contributed by atoms with Crippen LogP contribution >= 0.6 is 22.9 Å². The van der Waals surface area contributed by atoms with E-state index in [1.54, 1.807) is 0 Å². The number of amides is 1. The fourth-order valence-electron chi connectivity index (χ4n) is 2.55. The molecule has 3 nitrogen and oxygen atoms in total. The lowest BCUT2D eigenvalue weighted by Gasteiger charge is -2.13. The molecular weight excluding hydrogens is 364 g/mol. The molecule has 1 atom stereocenters. The largest absolute Gasteiger partial charge is 0.302 e. The van der Waals surface area contributed by atoms with Crippen molar-refractivity contribution in [1.82, 2.24) is 4.98 Å². The number of anilines is 1. The lowest BCUT2D eigenvalue weighted by Crippen LogP contribution is -2.22. The number of carbonyl (C=O) groups excluding carboxylic acids is 1. The van der Waals surface area contributed by atoms with Crippen LogP contribution in [0, 0.1) is 19.3 Å². The van der Waals surface area contributed by atoms with Crippen molar-refractivity contribution in [1.29, 1.82) is 0 Å². The van der Waals surface area contributed by atoms with Gasteiger partial charge in [-0.05, 0) is 30.9 Å². The maximum Gasteiger partial charge on any atom is 0.229 e. The summed E-state index contributed by atoms with van der Waals surface area (Å²) in [6.07, 6.45) is 3.23. The van der Waals surface area contributed by atoms with Crippen LogP contribution < -0.4 is 5.32 Å². The molecule has 0 aliphatic rings. The van der Waals surface area contributed by atoms with Crippen LogP contribution in [0.5, 0.6) is 0 Å². The molecule has 2 radical (unpaired) electrons. The maximum absolute atomic E-state index is 12.5. The SMILES string of the molecule is [CH2]C[C@H](C[CH]c1ccccc1)C(=O)Nc1nc(-c2ccccc2Cl)cs1. The lowest BCUT2D eigenvalue weighted by atomic mass is 9.96. The fraction of sp³-hybridized carbons (Fsp3) is 0.143. The van der Waals surface area contributed by atoms with E-state index in [1.165, 1.54) is 11.3 Å². The van der Waals surface area contributed by atoms with Crippen molar-refractivity contribution < 1.29 is 4.79 Å². The normalized spacial score (nSPS) is 11.9. The average molecular weight is 383 g/mol. The minimum absolute atomic E-state index is 0.0627. The van der Waals surface area contributed by atoms with Gasteiger partial charge in [-0.25, -0.2) is 4.98 Å². The Balaban J connectivity index is 1.62. The molecule has 0 aliphatic carbocycles. The summed E-state index contributed by atoms with van der Waals surface area (Å²) in [7, 11) is 0. The molecule has 132 valence electrons. The van der Waals surface area contributed by atoms with Crippen molar-refractivity contribution in [3.8, 4) is 11.3 Å². The third kappa shape index (κ3) is 4.71. The van der Waals surface area contributed by atoms with Crippen molar-refractivity contribution in [3.63, 3.8) is 0 Å². The number of rotatable bonds is 7. The number of hydrogen-bond donors (Lipinski definition) is 1. The van der Waals surface area contributed by atoms with Crippen LogP contribution in [-0.2, 0) is 4.79 Å². The van der Waals surface area contributed by atoms with Gasteiger partial charge in [0.1, 0.15) is 0 Å². The Kier molecular flexibility index (Phi) is 6.42. The molecule has 1 amide bonds.